The molecule has 3 aliphatic rings. The van der Waals surface area contributed by atoms with Gasteiger partial charge in [-0.3, -0.25) is 14.4 Å². The Morgan fingerprint density at radius 3 is 2.29 bits per heavy atom. The Bertz CT molecular complexity index is 1760. The maximum atomic E-state index is 14.7. The van der Waals surface area contributed by atoms with Crippen LogP contribution in [0.4, 0.5) is 10.1 Å². The van der Waals surface area contributed by atoms with Crippen molar-refractivity contribution in [1.82, 2.24) is 0 Å². The van der Waals surface area contributed by atoms with Crippen LogP contribution in [-0.4, -0.2) is 36.5 Å². The predicted molar refractivity (Wildman–Crippen MR) is 155 cm³/mol. The van der Waals surface area contributed by atoms with Gasteiger partial charge in [-0.05, 0) is 53.6 Å². The van der Waals surface area contributed by atoms with Gasteiger partial charge in [-0.15, -0.1) is 0 Å². The molecule has 7 rings (SSSR count). The average Bonchev–Trinajstić information content (AvgIpc) is 3.43. The van der Waals surface area contributed by atoms with Gasteiger partial charge in [-0.25, -0.2) is 4.39 Å². The fraction of sp³-hybridized carbons (Fsp3) is 0.147. The summed E-state index contributed by atoms with van der Waals surface area (Å²) in [5.41, 5.74) is 1.35. The third kappa shape index (κ3) is 3.50. The van der Waals surface area contributed by atoms with E-state index in [0.717, 1.165) is 5.56 Å². The van der Waals surface area contributed by atoms with Gasteiger partial charge in [-0.2, -0.15) is 0 Å². The SMILES string of the molecule is COc1cccc(C(=O)[C@@H]2[C@@H](c3ccc(F)cc3)C3(C(=O)c4ccccc4C3=O)C3C=Cc4cc(Cl)ccc4N32)c1. The fourth-order valence-corrected chi connectivity index (χ4v) is 7.12. The highest BCUT2D eigenvalue weighted by atomic mass is 35.5. The Hall–Kier alpha value is -4.55. The highest BCUT2D eigenvalue weighted by molar-refractivity contribution is 6.32. The Balaban J connectivity index is 1.54. The zero-order valence-electron chi connectivity index (χ0n) is 21.9. The fourth-order valence-electron chi connectivity index (χ4n) is 6.94. The third-order valence-corrected chi connectivity index (χ3v) is 8.85. The Kier molecular flexibility index (Phi) is 5.73. The first-order valence-electron chi connectivity index (χ1n) is 13.2. The van der Waals surface area contributed by atoms with Crippen molar-refractivity contribution >= 4 is 40.7 Å². The van der Waals surface area contributed by atoms with Crippen LogP contribution >= 0.6 is 11.6 Å². The minimum Gasteiger partial charge on any atom is -0.497 e. The minimum absolute atomic E-state index is 0.284. The molecule has 0 saturated carbocycles. The summed E-state index contributed by atoms with van der Waals surface area (Å²) in [6.45, 7) is 0. The number of benzene rings is 4. The van der Waals surface area contributed by atoms with Crippen molar-refractivity contribution in [3.63, 3.8) is 0 Å². The van der Waals surface area contributed by atoms with Crippen LogP contribution in [0, 0.1) is 11.2 Å². The molecule has 1 unspecified atom stereocenters. The molecule has 0 amide bonds. The van der Waals surface area contributed by atoms with E-state index in [0.29, 0.717) is 38.7 Å². The summed E-state index contributed by atoms with van der Waals surface area (Å²) >= 11 is 6.34. The number of Topliss-reactive ketones (excluding diaryl/α,β-unsaturated/α-hetero) is 3. The van der Waals surface area contributed by atoms with Crippen LogP contribution in [-0.2, 0) is 0 Å². The molecule has 7 heteroatoms. The molecule has 1 spiro atoms. The standard InChI is InChI=1S/C34H23ClFNO4/c1-41-24-6-4-5-21(18-24)31(38)30-29(19-9-13-23(36)14-10-19)34(32(39)25-7-2-3-8-26(25)33(34)40)28-16-11-20-17-22(35)12-15-27(20)37(28)30/h2-18,28-30H,1H3/t28?,29-,30+/m1/s1. The molecule has 0 aromatic heterocycles. The van der Waals surface area contributed by atoms with E-state index in [9.17, 15) is 18.8 Å². The summed E-state index contributed by atoms with van der Waals surface area (Å²) in [5, 5.41) is 0.520. The van der Waals surface area contributed by atoms with Gasteiger partial charge in [0.05, 0.1) is 13.2 Å². The van der Waals surface area contributed by atoms with Crippen molar-refractivity contribution in [2.24, 2.45) is 5.41 Å². The van der Waals surface area contributed by atoms with Gasteiger partial charge in [0, 0.05) is 33.3 Å². The van der Waals surface area contributed by atoms with Gasteiger partial charge in [0.1, 0.15) is 23.0 Å². The topological polar surface area (TPSA) is 63.7 Å². The van der Waals surface area contributed by atoms with E-state index in [1.165, 1.54) is 19.2 Å². The summed E-state index contributed by atoms with van der Waals surface area (Å²) in [6, 6.07) is 22.9. The third-order valence-electron chi connectivity index (χ3n) is 8.62. The monoisotopic (exact) mass is 563 g/mol. The van der Waals surface area contributed by atoms with E-state index < -0.39 is 29.2 Å². The lowest BCUT2D eigenvalue weighted by molar-refractivity contribution is 0.0666. The van der Waals surface area contributed by atoms with Crippen LogP contribution in [0.15, 0.2) is 97.1 Å². The van der Waals surface area contributed by atoms with Crippen LogP contribution < -0.4 is 9.64 Å². The van der Waals surface area contributed by atoms with Gasteiger partial charge < -0.3 is 9.64 Å². The van der Waals surface area contributed by atoms with Gasteiger partial charge in [0.15, 0.2) is 17.3 Å². The van der Waals surface area contributed by atoms with E-state index >= 15 is 0 Å². The van der Waals surface area contributed by atoms with E-state index in [1.807, 2.05) is 23.1 Å². The Morgan fingerprint density at radius 2 is 1.61 bits per heavy atom. The number of carbonyl (C=O) groups excluding carboxylic acids is 3. The normalized spacial score (nSPS) is 21.5. The number of hydrogen-bond donors (Lipinski definition) is 0. The summed E-state index contributed by atoms with van der Waals surface area (Å²) in [4.78, 5) is 45.8. The second-order valence-electron chi connectivity index (χ2n) is 10.6. The van der Waals surface area contributed by atoms with Crippen LogP contribution in [0.3, 0.4) is 0 Å². The number of ketones is 3. The first kappa shape index (κ1) is 25.4. The molecule has 1 aliphatic carbocycles. The van der Waals surface area contributed by atoms with Crippen LogP contribution in [0.5, 0.6) is 5.75 Å². The summed E-state index contributed by atoms with van der Waals surface area (Å²) in [5.74, 6) is -1.85. The van der Waals surface area contributed by atoms with Gasteiger partial charge in [0.25, 0.3) is 0 Å². The molecule has 1 fully saturated rings. The van der Waals surface area contributed by atoms with Crippen molar-refractivity contribution in [2.45, 2.75) is 18.0 Å². The maximum Gasteiger partial charge on any atom is 0.186 e. The van der Waals surface area contributed by atoms with E-state index in [-0.39, 0.29) is 17.3 Å². The molecule has 202 valence electrons. The van der Waals surface area contributed by atoms with Crippen LogP contribution in [0.1, 0.15) is 48.1 Å². The molecule has 5 nitrogen and oxygen atoms in total. The van der Waals surface area contributed by atoms with Gasteiger partial charge in [-0.1, -0.05) is 72.3 Å². The number of anilines is 1. The molecular formula is C34H23ClFNO4. The molecule has 0 radical (unpaired) electrons. The van der Waals surface area contributed by atoms with Crippen molar-refractivity contribution in [2.75, 3.05) is 12.0 Å². The quantitative estimate of drug-likeness (QED) is 0.202. The molecule has 0 bridgehead atoms. The second kappa shape index (κ2) is 9.25. The predicted octanol–water partition coefficient (Wildman–Crippen LogP) is 6.80. The number of hydrogen-bond acceptors (Lipinski definition) is 5. The molecule has 0 N–H and O–H groups in total. The number of ether oxygens (including phenoxy) is 1. The lowest BCUT2D eigenvalue weighted by atomic mass is 9.64. The minimum atomic E-state index is -1.66. The molecule has 41 heavy (non-hydrogen) atoms. The molecule has 2 aliphatic heterocycles. The largest absolute Gasteiger partial charge is 0.497 e. The second-order valence-corrected chi connectivity index (χ2v) is 11.0. The number of methoxy groups -OCH3 is 1. The smallest absolute Gasteiger partial charge is 0.186 e. The van der Waals surface area contributed by atoms with Crippen LogP contribution in [0.25, 0.3) is 6.08 Å². The Morgan fingerprint density at radius 1 is 0.902 bits per heavy atom. The molecule has 3 atom stereocenters. The molecule has 2 heterocycles. The highest BCUT2D eigenvalue weighted by Gasteiger charge is 2.71. The van der Waals surface area contributed by atoms with Crippen molar-refractivity contribution in [3.05, 3.63) is 136 Å². The van der Waals surface area contributed by atoms with Crippen molar-refractivity contribution < 1.29 is 23.5 Å². The van der Waals surface area contributed by atoms with E-state index in [1.54, 1.807) is 72.8 Å². The number of rotatable bonds is 4. The van der Waals surface area contributed by atoms with E-state index in [4.69, 9.17) is 16.3 Å². The van der Waals surface area contributed by atoms with Crippen LogP contribution in [0.2, 0.25) is 5.02 Å². The summed E-state index contributed by atoms with van der Waals surface area (Å²) < 4.78 is 19.6. The molecule has 1 saturated heterocycles. The number of fused-ring (bicyclic) bond motifs is 5. The number of halogens is 2. The average molecular weight is 564 g/mol. The first-order chi connectivity index (χ1) is 19.9. The molecular weight excluding hydrogens is 541 g/mol. The Labute approximate surface area is 240 Å². The number of carbonyl (C=O) groups is 3. The lowest BCUT2D eigenvalue weighted by Crippen LogP contribution is -2.48. The van der Waals surface area contributed by atoms with Gasteiger partial charge in [0.2, 0.25) is 0 Å². The highest BCUT2D eigenvalue weighted by Crippen LogP contribution is 2.61. The van der Waals surface area contributed by atoms with E-state index in [2.05, 4.69) is 0 Å². The molecule has 4 aromatic rings. The molecule has 4 aromatic carbocycles. The zero-order valence-corrected chi connectivity index (χ0v) is 22.6. The number of nitrogens with zero attached hydrogens (tertiary/aromatic N) is 1. The van der Waals surface area contributed by atoms with Gasteiger partial charge >= 0.3 is 0 Å². The summed E-state index contributed by atoms with van der Waals surface area (Å²) in [7, 11) is 1.52. The summed E-state index contributed by atoms with van der Waals surface area (Å²) in [6.07, 6.45) is 3.68. The van der Waals surface area contributed by atoms with Crippen molar-refractivity contribution in [3.8, 4) is 5.75 Å². The van der Waals surface area contributed by atoms with Crippen molar-refractivity contribution in [1.29, 1.82) is 0 Å². The zero-order chi connectivity index (χ0) is 28.5. The first-order valence-corrected chi connectivity index (χ1v) is 13.6. The maximum absolute atomic E-state index is 14.7. The lowest BCUT2D eigenvalue weighted by Gasteiger charge is -2.37.